The molecule has 0 saturated carbocycles. The maximum Gasteiger partial charge on any atom is 0.282 e. The van der Waals surface area contributed by atoms with Crippen molar-refractivity contribution in [3.8, 4) is 5.75 Å². The molecule has 0 aliphatic heterocycles. The van der Waals surface area contributed by atoms with Crippen molar-refractivity contribution in [2.75, 3.05) is 0 Å². The first kappa shape index (κ1) is 26.6. The van der Waals surface area contributed by atoms with E-state index in [2.05, 4.69) is 68.2 Å². The summed E-state index contributed by atoms with van der Waals surface area (Å²) in [6, 6.07) is 23.4. The van der Waals surface area contributed by atoms with E-state index in [1.807, 2.05) is 30.3 Å². The zero-order valence-electron chi connectivity index (χ0n) is 20.6. The van der Waals surface area contributed by atoms with Gasteiger partial charge in [-0.2, -0.15) is 9.78 Å². The van der Waals surface area contributed by atoms with Crippen molar-refractivity contribution >= 4 is 71.4 Å². The molecule has 0 aliphatic carbocycles. The maximum atomic E-state index is 13.5. The predicted octanol–water partition coefficient (Wildman–Crippen LogP) is 8.53. The Morgan fingerprint density at radius 2 is 1.84 bits per heavy atom. The Morgan fingerprint density at radius 3 is 2.68 bits per heavy atom. The van der Waals surface area contributed by atoms with E-state index < -0.39 is 0 Å². The monoisotopic (exact) mass is 651 g/mol. The van der Waals surface area contributed by atoms with Gasteiger partial charge >= 0.3 is 0 Å². The third-order valence-corrected chi connectivity index (χ3v) is 7.53. The summed E-state index contributed by atoms with van der Waals surface area (Å²) in [6.45, 7) is 2.46. The minimum atomic E-state index is -0.224. The lowest BCUT2D eigenvalue weighted by Crippen LogP contribution is -2.22. The van der Waals surface area contributed by atoms with Gasteiger partial charge in [0.05, 0.1) is 21.6 Å². The number of fused-ring (bicyclic) bond motifs is 2. The molecule has 8 heteroatoms. The van der Waals surface area contributed by atoms with Gasteiger partial charge in [-0.05, 0) is 69.0 Å². The van der Waals surface area contributed by atoms with Crippen molar-refractivity contribution in [1.82, 2.24) is 9.66 Å². The Kier molecular flexibility index (Phi) is 8.27. The van der Waals surface area contributed by atoms with Crippen LogP contribution in [0, 0.1) is 0 Å². The van der Waals surface area contributed by atoms with Crippen LogP contribution in [-0.2, 0) is 13.0 Å². The Labute approximate surface area is 242 Å². The summed E-state index contributed by atoms with van der Waals surface area (Å²) < 4.78 is 9.20. The van der Waals surface area contributed by atoms with Crippen LogP contribution in [0.15, 0.2) is 91.6 Å². The molecule has 0 radical (unpaired) electrons. The molecule has 0 aliphatic rings. The van der Waals surface area contributed by atoms with Crippen LogP contribution in [0.3, 0.4) is 0 Å². The summed E-state index contributed by atoms with van der Waals surface area (Å²) in [7, 11) is 0. The van der Waals surface area contributed by atoms with Gasteiger partial charge in [-0.1, -0.05) is 83.3 Å². The Balaban J connectivity index is 1.54. The fourth-order valence-corrected chi connectivity index (χ4v) is 5.64. The van der Waals surface area contributed by atoms with Gasteiger partial charge in [0.25, 0.3) is 5.56 Å². The fourth-order valence-electron chi connectivity index (χ4n) is 4.33. The third kappa shape index (κ3) is 5.70. The molecule has 1 aromatic heterocycles. The number of unbranched alkanes of at least 4 members (excludes halogenated alkanes) is 1. The van der Waals surface area contributed by atoms with Gasteiger partial charge in [-0.15, -0.1) is 0 Å². The number of nitrogens with zero attached hydrogens (tertiary/aromatic N) is 3. The number of hydrogen-bond acceptors (Lipinski definition) is 4. The molecule has 192 valence electrons. The smallest absolute Gasteiger partial charge is 0.282 e. The van der Waals surface area contributed by atoms with Crippen LogP contribution in [0.4, 0.5) is 0 Å². The highest BCUT2D eigenvalue weighted by atomic mass is 79.9. The minimum Gasteiger partial charge on any atom is -0.487 e. The van der Waals surface area contributed by atoms with Crippen molar-refractivity contribution in [1.29, 1.82) is 0 Å². The Morgan fingerprint density at radius 1 is 1.03 bits per heavy atom. The average Bonchev–Trinajstić information content (AvgIpc) is 2.91. The lowest BCUT2D eigenvalue weighted by Gasteiger charge is -2.14. The van der Waals surface area contributed by atoms with E-state index in [1.54, 1.807) is 24.4 Å². The number of halogens is 3. The summed E-state index contributed by atoms with van der Waals surface area (Å²) in [5, 5.41) is 7.91. The standard InChI is InChI=1S/C30H24Br2ClN3O2/c1-2-3-11-28-35-27-13-12-22(31)15-25(27)30(37)36(28)34-17-21-14-23(33)16-26(32)29(21)38-18-20-9-6-8-19-7-4-5-10-24(19)20/h4-10,12-17H,2-3,11,18H2,1H3. The van der Waals surface area contributed by atoms with E-state index in [0.29, 0.717) is 50.6 Å². The molecule has 0 spiro atoms. The van der Waals surface area contributed by atoms with Crippen LogP contribution in [0.25, 0.3) is 21.7 Å². The van der Waals surface area contributed by atoms with Crippen molar-refractivity contribution in [2.24, 2.45) is 5.10 Å². The number of ether oxygens (including phenoxy) is 1. The van der Waals surface area contributed by atoms with Crippen LogP contribution >= 0.6 is 43.5 Å². The van der Waals surface area contributed by atoms with Crippen molar-refractivity contribution in [2.45, 2.75) is 32.8 Å². The van der Waals surface area contributed by atoms with E-state index in [9.17, 15) is 4.79 Å². The molecule has 0 bridgehead atoms. The number of aryl methyl sites for hydroxylation is 1. The van der Waals surface area contributed by atoms with Gasteiger partial charge in [0.1, 0.15) is 18.2 Å². The molecule has 1 heterocycles. The molecular weight excluding hydrogens is 630 g/mol. The second kappa shape index (κ2) is 11.8. The summed E-state index contributed by atoms with van der Waals surface area (Å²) in [6.07, 6.45) is 4.12. The van der Waals surface area contributed by atoms with Crippen molar-refractivity contribution in [3.05, 3.63) is 114 Å². The van der Waals surface area contributed by atoms with Gasteiger partial charge in [0.15, 0.2) is 0 Å². The zero-order valence-corrected chi connectivity index (χ0v) is 24.6. The fraction of sp³-hybridized carbons (Fsp3) is 0.167. The van der Waals surface area contributed by atoms with E-state index in [4.69, 9.17) is 21.3 Å². The first-order valence-corrected chi connectivity index (χ1v) is 14.2. The van der Waals surface area contributed by atoms with Gasteiger partial charge < -0.3 is 4.74 Å². The molecule has 0 fully saturated rings. The van der Waals surface area contributed by atoms with Crippen LogP contribution < -0.4 is 10.3 Å². The van der Waals surface area contributed by atoms with Crippen LogP contribution in [0.5, 0.6) is 5.75 Å². The van der Waals surface area contributed by atoms with Crippen LogP contribution in [0.2, 0.25) is 5.02 Å². The second-order valence-corrected chi connectivity index (χ2v) is 11.1. The SMILES string of the molecule is CCCCc1nc2ccc(Br)cc2c(=O)n1N=Cc1cc(Cl)cc(Br)c1OCc1cccc2ccccc12. The molecule has 0 amide bonds. The van der Waals surface area contributed by atoms with Gasteiger partial charge in [0.2, 0.25) is 0 Å². The molecule has 0 unspecified atom stereocenters. The molecule has 0 N–H and O–H groups in total. The first-order valence-electron chi connectivity index (χ1n) is 12.3. The number of hydrogen-bond donors (Lipinski definition) is 0. The molecule has 38 heavy (non-hydrogen) atoms. The summed E-state index contributed by atoms with van der Waals surface area (Å²) in [4.78, 5) is 18.2. The van der Waals surface area contributed by atoms with Crippen molar-refractivity contribution < 1.29 is 4.74 Å². The summed E-state index contributed by atoms with van der Waals surface area (Å²) in [5.74, 6) is 1.20. The highest BCUT2D eigenvalue weighted by Crippen LogP contribution is 2.33. The van der Waals surface area contributed by atoms with Crippen molar-refractivity contribution in [3.63, 3.8) is 0 Å². The Hall–Kier alpha value is -3.00. The van der Waals surface area contributed by atoms with E-state index in [-0.39, 0.29) is 5.56 Å². The van der Waals surface area contributed by atoms with Gasteiger partial charge in [-0.3, -0.25) is 4.79 Å². The highest BCUT2D eigenvalue weighted by molar-refractivity contribution is 9.10. The second-order valence-electron chi connectivity index (χ2n) is 8.89. The third-order valence-electron chi connectivity index (χ3n) is 6.23. The summed E-state index contributed by atoms with van der Waals surface area (Å²) >= 11 is 13.4. The van der Waals surface area contributed by atoms with Gasteiger partial charge in [0, 0.05) is 21.5 Å². The lowest BCUT2D eigenvalue weighted by atomic mass is 10.1. The predicted molar refractivity (Wildman–Crippen MR) is 163 cm³/mol. The first-order chi connectivity index (χ1) is 18.4. The highest BCUT2D eigenvalue weighted by Gasteiger charge is 2.14. The maximum absolute atomic E-state index is 13.5. The number of aromatic nitrogens is 2. The largest absolute Gasteiger partial charge is 0.487 e. The minimum absolute atomic E-state index is 0.224. The number of rotatable bonds is 8. The van der Waals surface area contributed by atoms with Crippen LogP contribution in [-0.4, -0.2) is 15.9 Å². The molecule has 0 atom stereocenters. The molecule has 5 aromatic rings. The molecule has 4 aromatic carbocycles. The molecule has 0 saturated heterocycles. The topological polar surface area (TPSA) is 56.5 Å². The van der Waals surface area contributed by atoms with Crippen LogP contribution in [0.1, 0.15) is 36.7 Å². The molecular formula is C30H24Br2ClN3O2. The molecule has 5 nitrogen and oxygen atoms in total. The Bertz CT molecular complexity index is 1730. The van der Waals surface area contributed by atoms with Gasteiger partial charge in [-0.25, -0.2) is 4.98 Å². The molecule has 5 rings (SSSR count). The van der Waals surface area contributed by atoms with E-state index in [1.165, 1.54) is 4.68 Å². The normalized spacial score (nSPS) is 11.6. The quantitative estimate of drug-likeness (QED) is 0.158. The lowest BCUT2D eigenvalue weighted by molar-refractivity contribution is 0.305. The van der Waals surface area contributed by atoms with E-state index >= 15 is 0 Å². The van der Waals surface area contributed by atoms with E-state index in [0.717, 1.165) is 33.7 Å². The summed E-state index contributed by atoms with van der Waals surface area (Å²) in [5.41, 5.74) is 2.14. The number of benzene rings is 4. The zero-order chi connectivity index (χ0) is 26.6. The average molecular weight is 654 g/mol.